The van der Waals surface area contributed by atoms with Gasteiger partial charge in [-0.1, -0.05) is 30.0 Å². The first-order chi connectivity index (χ1) is 9.78. The van der Waals surface area contributed by atoms with E-state index in [-0.39, 0.29) is 6.03 Å². The van der Waals surface area contributed by atoms with Gasteiger partial charge in [-0.15, -0.1) is 11.3 Å². The molecule has 1 aromatic carbocycles. The number of carbonyl (C=O) groups excluding carboxylic acids is 1. The minimum absolute atomic E-state index is 0.223. The summed E-state index contributed by atoms with van der Waals surface area (Å²) in [5.41, 5.74) is 7.02. The smallest absolute Gasteiger partial charge is 0.319 e. The lowest BCUT2D eigenvalue weighted by Gasteiger charge is -2.06. The topological polar surface area (TPSA) is 67.1 Å². The molecular weight excluding hydrogens is 270 g/mol. The van der Waals surface area contributed by atoms with Crippen LogP contribution >= 0.6 is 11.3 Å². The summed E-state index contributed by atoms with van der Waals surface area (Å²) in [5, 5.41) is 7.52. The van der Waals surface area contributed by atoms with Gasteiger partial charge in [-0.25, -0.2) is 4.79 Å². The number of amides is 2. The van der Waals surface area contributed by atoms with Crippen LogP contribution < -0.4 is 16.4 Å². The molecular formula is C15H15N3OS. The number of benzene rings is 1. The largest absolute Gasteiger partial charge is 0.333 e. The fourth-order valence-electron chi connectivity index (χ4n) is 1.56. The number of carbonyl (C=O) groups is 1. The number of para-hydroxylation sites is 1. The summed E-state index contributed by atoms with van der Waals surface area (Å²) >= 11 is 1.56. The predicted octanol–water partition coefficient (Wildman–Crippen LogP) is 2.38. The number of thiophene rings is 1. The summed E-state index contributed by atoms with van der Waals surface area (Å²) in [4.78, 5) is 12.8. The van der Waals surface area contributed by atoms with Crippen LogP contribution in [0.5, 0.6) is 0 Å². The molecule has 0 fully saturated rings. The van der Waals surface area contributed by atoms with E-state index in [2.05, 4.69) is 22.5 Å². The molecule has 1 heterocycles. The maximum atomic E-state index is 11.7. The van der Waals surface area contributed by atoms with Gasteiger partial charge in [0.25, 0.3) is 0 Å². The van der Waals surface area contributed by atoms with Crippen molar-refractivity contribution in [2.24, 2.45) is 5.73 Å². The Morgan fingerprint density at radius 1 is 1.30 bits per heavy atom. The summed E-state index contributed by atoms with van der Waals surface area (Å²) in [6, 6.07) is 11.1. The normalized spacial score (nSPS) is 9.45. The molecule has 0 spiro atoms. The van der Waals surface area contributed by atoms with E-state index in [1.807, 2.05) is 41.8 Å². The predicted molar refractivity (Wildman–Crippen MR) is 82.6 cm³/mol. The van der Waals surface area contributed by atoms with E-state index in [0.717, 1.165) is 16.1 Å². The highest BCUT2D eigenvalue weighted by molar-refractivity contribution is 7.10. The van der Waals surface area contributed by atoms with Gasteiger partial charge >= 0.3 is 6.03 Å². The second-order valence-corrected chi connectivity index (χ2v) is 4.98. The second kappa shape index (κ2) is 7.34. The lowest BCUT2D eigenvalue weighted by Crippen LogP contribution is -2.27. The van der Waals surface area contributed by atoms with E-state index in [9.17, 15) is 4.79 Å². The van der Waals surface area contributed by atoms with Crippen molar-refractivity contribution in [2.75, 3.05) is 11.9 Å². The summed E-state index contributed by atoms with van der Waals surface area (Å²) in [5.74, 6) is 5.76. The summed E-state index contributed by atoms with van der Waals surface area (Å²) in [6.45, 7) is 0.830. The highest BCUT2D eigenvalue weighted by atomic mass is 32.1. The Balaban J connectivity index is 1.83. The Labute approximate surface area is 122 Å². The summed E-state index contributed by atoms with van der Waals surface area (Å²) in [7, 11) is 0. The third-order valence-electron chi connectivity index (χ3n) is 2.44. The molecule has 20 heavy (non-hydrogen) atoms. The molecule has 0 saturated carbocycles. The Bertz CT molecular complexity index is 625. The molecule has 0 aliphatic carbocycles. The average Bonchev–Trinajstić information content (AvgIpc) is 2.92. The third-order valence-corrected chi connectivity index (χ3v) is 3.38. The van der Waals surface area contributed by atoms with E-state index >= 15 is 0 Å². The molecule has 1 aromatic heterocycles. The van der Waals surface area contributed by atoms with Gasteiger partial charge < -0.3 is 16.4 Å². The van der Waals surface area contributed by atoms with Crippen molar-refractivity contribution in [3.8, 4) is 11.8 Å². The lowest BCUT2D eigenvalue weighted by molar-refractivity contribution is 0.252. The molecule has 0 aliphatic rings. The maximum Gasteiger partial charge on any atom is 0.319 e. The van der Waals surface area contributed by atoms with Crippen LogP contribution in [0.2, 0.25) is 0 Å². The van der Waals surface area contributed by atoms with Crippen molar-refractivity contribution >= 4 is 23.1 Å². The highest BCUT2D eigenvalue weighted by Crippen LogP contribution is 2.13. The molecule has 0 bridgehead atoms. The Kier molecular flexibility index (Phi) is 5.18. The van der Waals surface area contributed by atoms with E-state index in [1.54, 1.807) is 11.3 Å². The van der Waals surface area contributed by atoms with Gasteiger partial charge in [0.2, 0.25) is 0 Å². The first-order valence-electron chi connectivity index (χ1n) is 6.14. The highest BCUT2D eigenvalue weighted by Gasteiger charge is 2.02. The number of anilines is 1. The summed E-state index contributed by atoms with van der Waals surface area (Å²) < 4.78 is 0. The fourth-order valence-corrected chi connectivity index (χ4v) is 2.31. The number of urea groups is 1. The molecule has 102 valence electrons. The monoisotopic (exact) mass is 285 g/mol. The van der Waals surface area contributed by atoms with E-state index in [0.29, 0.717) is 13.1 Å². The molecule has 0 unspecified atom stereocenters. The molecule has 2 amide bonds. The fraction of sp³-hybridized carbons (Fsp3) is 0.133. The average molecular weight is 285 g/mol. The number of nitrogens with one attached hydrogen (secondary N) is 2. The van der Waals surface area contributed by atoms with Crippen LogP contribution in [0, 0.1) is 11.8 Å². The van der Waals surface area contributed by atoms with E-state index in [4.69, 9.17) is 5.73 Å². The van der Waals surface area contributed by atoms with Crippen molar-refractivity contribution in [3.05, 3.63) is 52.2 Å². The quantitative estimate of drug-likeness (QED) is 0.758. The molecule has 2 aromatic rings. The molecule has 0 atom stereocenters. The molecule has 4 nitrogen and oxygen atoms in total. The van der Waals surface area contributed by atoms with E-state index < -0.39 is 0 Å². The third kappa shape index (κ3) is 4.43. The van der Waals surface area contributed by atoms with Crippen molar-refractivity contribution in [1.29, 1.82) is 0 Å². The number of rotatable bonds is 3. The van der Waals surface area contributed by atoms with Crippen LogP contribution in [-0.4, -0.2) is 12.6 Å². The number of nitrogens with two attached hydrogens (primary N) is 1. The van der Waals surface area contributed by atoms with Crippen LogP contribution in [-0.2, 0) is 6.54 Å². The maximum absolute atomic E-state index is 11.7. The summed E-state index contributed by atoms with van der Waals surface area (Å²) in [6.07, 6.45) is 0. The zero-order valence-electron chi connectivity index (χ0n) is 10.8. The Hall–Kier alpha value is -2.29. The van der Waals surface area contributed by atoms with Crippen LogP contribution in [0.3, 0.4) is 0 Å². The Morgan fingerprint density at radius 3 is 2.85 bits per heavy atom. The first kappa shape index (κ1) is 14.1. The van der Waals surface area contributed by atoms with Crippen molar-refractivity contribution in [1.82, 2.24) is 5.32 Å². The molecule has 0 aliphatic heterocycles. The molecule has 5 heteroatoms. The minimum atomic E-state index is -0.223. The zero-order chi connectivity index (χ0) is 14.2. The molecule has 0 radical (unpaired) electrons. The minimum Gasteiger partial charge on any atom is -0.333 e. The Morgan fingerprint density at radius 2 is 2.10 bits per heavy atom. The van der Waals surface area contributed by atoms with Crippen LogP contribution in [0.25, 0.3) is 0 Å². The van der Waals surface area contributed by atoms with Gasteiger partial charge in [-0.05, 0) is 18.2 Å². The van der Waals surface area contributed by atoms with Crippen LogP contribution in [0.1, 0.15) is 10.4 Å². The van der Waals surface area contributed by atoms with Crippen molar-refractivity contribution < 1.29 is 4.79 Å². The van der Waals surface area contributed by atoms with Gasteiger partial charge in [-0.3, -0.25) is 0 Å². The van der Waals surface area contributed by atoms with E-state index in [1.165, 1.54) is 0 Å². The van der Waals surface area contributed by atoms with Crippen molar-refractivity contribution in [3.63, 3.8) is 0 Å². The molecule has 4 N–H and O–H groups in total. The standard InChI is InChI=1S/C15H15N3OS/c16-8-4-5-12-9-14(20-11-12)10-17-15(19)18-13-6-2-1-3-7-13/h1-3,6-7,9,11H,8,10,16H2,(H2,17,18,19). The van der Waals surface area contributed by atoms with Gasteiger partial charge in [0, 0.05) is 21.5 Å². The van der Waals surface area contributed by atoms with Crippen LogP contribution in [0.15, 0.2) is 41.8 Å². The van der Waals surface area contributed by atoms with Crippen LogP contribution in [0.4, 0.5) is 10.5 Å². The zero-order valence-corrected chi connectivity index (χ0v) is 11.7. The first-order valence-corrected chi connectivity index (χ1v) is 7.02. The second-order valence-electron chi connectivity index (χ2n) is 3.98. The lowest BCUT2D eigenvalue weighted by atomic mass is 10.3. The van der Waals surface area contributed by atoms with Gasteiger partial charge in [0.05, 0.1) is 13.1 Å². The van der Waals surface area contributed by atoms with Crippen molar-refractivity contribution in [2.45, 2.75) is 6.54 Å². The molecule has 2 rings (SSSR count). The van der Waals surface area contributed by atoms with Gasteiger partial charge in [0.15, 0.2) is 0 Å². The number of hydrogen-bond donors (Lipinski definition) is 3. The van der Waals surface area contributed by atoms with Gasteiger partial charge in [-0.2, -0.15) is 0 Å². The molecule has 0 saturated heterocycles. The van der Waals surface area contributed by atoms with Gasteiger partial charge in [0.1, 0.15) is 0 Å². The SMILES string of the molecule is NCC#Cc1csc(CNC(=O)Nc2ccccc2)c1. The number of hydrogen-bond acceptors (Lipinski definition) is 3.